The molecule has 1 aromatic rings. The number of carbonyl (C=O) groups excluding carboxylic acids is 1. The minimum atomic E-state index is -1.19. The van der Waals surface area contributed by atoms with E-state index < -0.39 is 23.5 Å². The number of nitrogens with zero attached hydrogens (tertiary/aromatic N) is 1. The summed E-state index contributed by atoms with van der Waals surface area (Å²) in [4.78, 5) is 23.9. The molecule has 122 valence electrons. The summed E-state index contributed by atoms with van der Waals surface area (Å²) in [5.41, 5.74) is -0.758. The number of aliphatic carboxylic acids is 1. The van der Waals surface area contributed by atoms with E-state index in [1.165, 1.54) is 6.07 Å². The molecular formula is C17H20N2O4. The molecule has 1 fully saturated rings. The third-order valence-electron chi connectivity index (χ3n) is 4.12. The highest BCUT2D eigenvalue weighted by atomic mass is 16.5. The molecule has 0 heterocycles. The van der Waals surface area contributed by atoms with Gasteiger partial charge in [0.05, 0.1) is 11.6 Å². The van der Waals surface area contributed by atoms with Crippen molar-refractivity contribution in [3.05, 3.63) is 29.8 Å². The van der Waals surface area contributed by atoms with Crippen LogP contribution in [-0.4, -0.2) is 28.6 Å². The number of ether oxygens (including phenoxy) is 1. The third-order valence-corrected chi connectivity index (χ3v) is 4.12. The lowest BCUT2D eigenvalue weighted by Crippen LogP contribution is -2.58. The monoisotopic (exact) mass is 316 g/mol. The van der Waals surface area contributed by atoms with Crippen LogP contribution in [0.15, 0.2) is 24.3 Å². The lowest BCUT2D eigenvalue weighted by atomic mass is 9.81. The maximum atomic E-state index is 12.3. The Morgan fingerprint density at radius 3 is 2.65 bits per heavy atom. The largest absolute Gasteiger partial charge is 0.481 e. The van der Waals surface area contributed by atoms with Crippen molar-refractivity contribution in [1.82, 2.24) is 5.32 Å². The van der Waals surface area contributed by atoms with Crippen molar-refractivity contribution in [2.24, 2.45) is 0 Å². The first-order valence-electron chi connectivity index (χ1n) is 7.69. The Morgan fingerprint density at radius 1 is 1.35 bits per heavy atom. The predicted molar refractivity (Wildman–Crippen MR) is 82.8 cm³/mol. The van der Waals surface area contributed by atoms with E-state index in [0.717, 1.165) is 19.3 Å². The quantitative estimate of drug-likeness (QED) is 0.867. The molecule has 23 heavy (non-hydrogen) atoms. The van der Waals surface area contributed by atoms with Gasteiger partial charge in [0.25, 0.3) is 5.91 Å². The zero-order chi connectivity index (χ0) is 16.9. The molecule has 1 aliphatic rings. The highest BCUT2D eigenvalue weighted by Gasteiger charge is 2.41. The number of carboxylic acids is 1. The molecule has 1 atom stereocenters. The maximum Gasteiger partial charge on any atom is 0.329 e. The lowest BCUT2D eigenvalue weighted by Gasteiger charge is -2.34. The lowest BCUT2D eigenvalue weighted by molar-refractivity contribution is -0.150. The Bertz CT molecular complexity index is 630. The number of hydrogen-bond donors (Lipinski definition) is 2. The summed E-state index contributed by atoms with van der Waals surface area (Å²) < 4.78 is 5.53. The highest BCUT2D eigenvalue weighted by Crippen LogP contribution is 2.28. The van der Waals surface area contributed by atoms with Crippen molar-refractivity contribution in [1.29, 1.82) is 5.26 Å². The van der Waals surface area contributed by atoms with Gasteiger partial charge in [-0.1, -0.05) is 25.3 Å². The summed E-state index contributed by atoms with van der Waals surface area (Å²) in [5, 5.41) is 21.0. The molecule has 2 N–H and O–H groups in total. The summed E-state index contributed by atoms with van der Waals surface area (Å²) in [6, 6.07) is 8.49. The van der Waals surface area contributed by atoms with E-state index in [0.29, 0.717) is 24.2 Å². The molecule has 0 radical (unpaired) electrons. The van der Waals surface area contributed by atoms with E-state index in [2.05, 4.69) is 5.32 Å². The summed E-state index contributed by atoms with van der Waals surface area (Å²) >= 11 is 0. The van der Waals surface area contributed by atoms with Gasteiger partial charge in [0.15, 0.2) is 6.10 Å². The van der Waals surface area contributed by atoms with Crippen LogP contribution in [0.2, 0.25) is 0 Å². The van der Waals surface area contributed by atoms with Crippen LogP contribution in [0.1, 0.15) is 44.6 Å². The molecule has 0 aliphatic heterocycles. The molecule has 2 rings (SSSR count). The van der Waals surface area contributed by atoms with E-state index in [-0.39, 0.29) is 0 Å². The topological polar surface area (TPSA) is 99.4 Å². The number of hydrogen-bond acceptors (Lipinski definition) is 4. The van der Waals surface area contributed by atoms with Crippen LogP contribution < -0.4 is 10.1 Å². The smallest absolute Gasteiger partial charge is 0.329 e. The number of nitrogens with one attached hydrogen (secondary N) is 1. The second kappa shape index (κ2) is 7.14. The first kappa shape index (κ1) is 16.8. The zero-order valence-electron chi connectivity index (χ0n) is 13.0. The molecule has 1 saturated carbocycles. The normalized spacial score (nSPS) is 17.6. The third kappa shape index (κ3) is 4.01. The van der Waals surface area contributed by atoms with Crippen LogP contribution in [0.4, 0.5) is 0 Å². The summed E-state index contributed by atoms with van der Waals surface area (Å²) in [5.74, 6) is -1.05. The molecule has 0 aromatic heterocycles. The van der Waals surface area contributed by atoms with Crippen LogP contribution in [0.25, 0.3) is 0 Å². The molecule has 0 saturated heterocycles. The summed E-state index contributed by atoms with van der Waals surface area (Å²) in [6.45, 7) is 1.56. The molecule has 0 spiro atoms. The molecule has 1 aromatic carbocycles. The highest BCUT2D eigenvalue weighted by molar-refractivity contribution is 5.89. The van der Waals surface area contributed by atoms with Gasteiger partial charge in [-0.3, -0.25) is 4.79 Å². The van der Waals surface area contributed by atoms with Crippen LogP contribution in [0, 0.1) is 11.3 Å². The fourth-order valence-corrected chi connectivity index (χ4v) is 2.78. The maximum absolute atomic E-state index is 12.3. The Balaban J connectivity index is 2.04. The fraction of sp³-hybridized carbons (Fsp3) is 0.471. The molecule has 0 bridgehead atoms. The van der Waals surface area contributed by atoms with Gasteiger partial charge in [-0.05, 0) is 38.0 Å². The standard InChI is InChI=1S/C17H20N2O4/c1-12(23-14-7-5-6-13(10-14)11-18)15(20)19-17(16(21)22)8-3-2-4-9-17/h5-7,10,12H,2-4,8-9H2,1H3,(H,19,20)(H,21,22). The molecule has 1 aliphatic carbocycles. The first-order valence-corrected chi connectivity index (χ1v) is 7.69. The number of amides is 1. The van der Waals surface area contributed by atoms with Crippen LogP contribution >= 0.6 is 0 Å². The second-order valence-electron chi connectivity index (χ2n) is 5.84. The van der Waals surface area contributed by atoms with E-state index in [9.17, 15) is 14.7 Å². The Morgan fingerprint density at radius 2 is 2.04 bits per heavy atom. The zero-order valence-corrected chi connectivity index (χ0v) is 13.0. The fourth-order valence-electron chi connectivity index (χ4n) is 2.78. The molecule has 6 nitrogen and oxygen atoms in total. The minimum Gasteiger partial charge on any atom is -0.481 e. The minimum absolute atomic E-state index is 0.403. The number of nitriles is 1. The van der Waals surface area contributed by atoms with Crippen molar-refractivity contribution >= 4 is 11.9 Å². The van der Waals surface area contributed by atoms with Crippen molar-refractivity contribution in [3.63, 3.8) is 0 Å². The average Bonchev–Trinajstić information content (AvgIpc) is 2.55. The van der Waals surface area contributed by atoms with Crippen LogP contribution in [-0.2, 0) is 9.59 Å². The van der Waals surface area contributed by atoms with E-state index in [1.54, 1.807) is 25.1 Å². The van der Waals surface area contributed by atoms with Gasteiger partial charge in [-0.2, -0.15) is 5.26 Å². The summed E-state index contributed by atoms with van der Waals surface area (Å²) in [6.07, 6.45) is 2.58. The molecule has 6 heteroatoms. The van der Waals surface area contributed by atoms with Gasteiger partial charge < -0.3 is 15.2 Å². The number of rotatable bonds is 5. The van der Waals surface area contributed by atoms with Crippen molar-refractivity contribution in [2.75, 3.05) is 0 Å². The van der Waals surface area contributed by atoms with Gasteiger partial charge in [-0.15, -0.1) is 0 Å². The second-order valence-corrected chi connectivity index (χ2v) is 5.84. The predicted octanol–water partition coefficient (Wildman–Crippen LogP) is 2.23. The number of carbonyl (C=O) groups is 2. The first-order chi connectivity index (χ1) is 11.0. The van der Waals surface area contributed by atoms with Gasteiger partial charge in [0, 0.05) is 0 Å². The molecule has 1 amide bonds. The van der Waals surface area contributed by atoms with Crippen LogP contribution in [0.5, 0.6) is 5.75 Å². The Kier molecular flexibility index (Phi) is 5.22. The van der Waals surface area contributed by atoms with E-state index >= 15 is 0 Å². The SMILES string of the molecule is CC(Oc1cccc(C#N)c1)C(=O)NC1(C(=O)O)CCCCC1. The van der Waals surface area contributed by atoms with Gasteiger partial charge in [0.2, 0.25) is 0 Å². The Labute approximate surface area is 135 Å². The van der Waals surface area contributed by atoms with Crippen LogP contribution in [0.3, 0.4) is 0 Å². The summed E-state index contributed by atoms with van der Waals surface area (Å²) in [7, 11) is 0. The molecule has 1 unspecified atom stereocenters. The van der Waals surface area contributed by atoms with Crippen molar-refractivity contribution < 1.29 is 19.4 Å². The van der Waals surface area contributed by atoms with Gasteiger partial charge in [0.1, 0.15) is 11.3 Å². The number of benzene rings is 1. The molecular weight excluding hydrogens is 296 g/mol. The van der Waals surface area contributed by atoms with Crippen molar-refractivity contribution in [2.45, 2.75) is 50.7 Å². The van der Waals surface area contributed by atoms with Crippen molar-refractivity contribution in [3.8, 4) is 11.8 Å². The Hall–Kier alpha value is -2.55. The van der Waals surface area contributed by atoms with E-state index in [1.807, 2.05) is 6.07 Å². The van der Waals surface area contributed by atoms with E-state index in [4.69, 9.17) is 10.00 Å². The van der Waals surface area contributed by atoms with Gasteiger partial charge in [-0.25, -0.2) is 4.79 Å². The van der Waals surface area contributed by atoms with Gasteiger partial charge >= 0.3 is 5.97 Å². The average molecular weight is 316 g/mol. The number of carboxylic acid groups (broad SMARTS) is 1.